The van der Waals surface area contributed by atoms with Crippen molar-refractivity contribution in [3.8, 4) is 11.5 Å². The Labute approximate surface area is 201 Å². The summed E-state index contributed by atoms with van der Waals surface area (Å²) in [7, 11) is 0. The summed E-state index contributed by atoms with van der Waals surface area (Å²) in [5.74, 6) is 3.16. The molecular weight excluding hydrogens is 432 g/mol. The topological polar surface area (TPSA) is 36.3 Å². The van der Waals surface area contributed by atoms with Crippen LogP contribution in [0.15, 0.2) is 66.7 Å². The lowest BCUT2D eigenvalue weighted by molar-refractivity contribution is 0.284. The van der Waals surface area contributed by atoms with Gasteiger partial charge in [0.05, 0.1) is 17.6 Å². The van der Waals surface area contributed by atoms with Gasteiger partial charge >= 0.3 is 0 Å². The molecule has 3 aromatic carbocycles. The molecule has 1 aromatic heterocycles. The summed E-state index contributed by atoms with van der Waals surface area (Å²) in [5, 5.41) is 0.697. The van der Waals surface area contributed by atoms with Crippen molar-refractivity contribution in [2.75, 3.05) is 6.61 Å². The van der Waals surface area contributed by atoms with Crippen LogP contribution in [0.1, 0.15) is 49.6 Å². The van der Waals surface area contributed by atoms with Crippen LogP contribution in [0.3, 0.4) is 0 Å². The monoisotopic (exact) mass is 462 g/mol. The minimum absolute atomic E-state index is 0.411. The van der Waals surface area contributed by atoms with Gasteiger partial charge in [0.15, 0.2) is 0 Å². The summed E-state index contributed by atoms with van der Waals surface area (Å²) in [6.45, 7) is 8.49. The van der Waals surface area contributed by atoms with E-state index in [0.29, 0.717) is 24.2 Å². The number of imidazole rings is 1. The van der Waals surface area contributed by atoms with Gasteiger partial charge in [0.2, 0.25) is 0 Å². The summed E-state index contributed by atoms with van der Waals surface area (Å²) in [4.78, 5) is 4.81. The van der Waals surface area contributed by atoms with E-state index >= 15 is 0 Å². The number of hydrogen-bond acceptors (Lipinski definition) is 3. The standard InChI is InChI=1S/C28H31ClN2O2/c1-20(2)24-15-10-21(3)18-27(24)32-17-7-6-16-31-26-9-5-4-8-25(26)30-28(31)19-33-23-13-11-22(29)12-14-23/h4-5,8-15,18,20H,6-7,16-17,19H2,1-3H3. The third-order valence-electron chi connectivity index (χ3n) is 5.74. The van der Waals surface area contributed by atoms with Crippen LogP contribution in [0.4, 0.5) is 0 Å². The molecule has 0 spiro atoms. The van der Waals surface area contributed by atoms with Gasteiger partial charge in [0, 0.05) is 11.6 Å². The maximum atomic E-state index is 6.17. The number of nitrogens with zero attached hydrogens (tertiary/aromatic N) is 2. The molecule has 33 heavy (non-hydrogen) atoms. The molecule has 4 aromatic rings. The lowest BCUT2D eigenvalue weighted by Gasteiger charge is -2.15. The van der Waals surface area contributed by atoms with Crippen molar-refractivity contribution in [3.63, 3.8) is 0 Å². The second-order valence-electron chi connectivity index (χ2n) is 8.66. The molecule has 0 aliphatic heterocycles. The van der Waals surface area contributed by atoms with Crippen LogP contribution in [0.2, 0.25) is 5.02 Å². The number of rotatable bonds is 10. The molecule has 172 valence electrons. The van der Waals surface area contributed by atoms with Crippen molar-refractivity contribution in [1.82, 2.24) is 9.55 Å². The van der Waals surface area contributed by atoms with Crippen LogP contribution in [0.5, 0.6) is 11.5 Å². The molecule has 4 nitrogen and oxygen atoms in total. The van der Waals surface area contributed by atoms with Gasteiger partial charge in [-0.2, -0.15) is 0 Å². The maximum Gasteiger partial charge on any atom is 0.147 e. The molecule has 4 rings (SSSR count). The molecule has 0 aliphatic rings. The third kappa shape index (κ3) is 5.88. The number of halogens is 1. The minimum atomic E-state index is 0.411. The molecule has 0 N–H and O–H groups in total. The van der Waals surface area contributed by atoms with Crippen LogP contribution in [-0.2, 0) is 13.2 Å². The number of para-hydroxylation sites is 2. The van der Waals surface area contributed by atoms with E-state index in [1.807, 2.05) is 36.4 Å². The van der Waals surface area contributed by atoms with Gasteiger partial charge in [0.25, 0.3) is 0 Å². The Kier molecular flexibility index (Phi) is 7.56. The van der Waals surface area contributed by atoms with E-state index in [2.05, 4.69) is 55.7 Å². The third-order valence-corrected chi connectivity index (χ3v) is 5.99. The first-order valence-electron chi connectivity index (χ1n) is 11.6. The van der Waals surface area contributed by atoms with Gasteiger partial charge in [-0.1, -0.05) is 49.7 Å². The van der Waals surface area contributed by atoms with E-state index in [-0.39, 0.29) is 0 Å². The Balaban J connectivity index is 1.38. The fourth-order valence-corrected chi connectivity index (χ4v) is 4.09. The van der Waals surface area contributed by atoms with Crippen LogP contribution in [0, 0.1) is 6.92 Å². The summed E-state index contributed by atoms with van der Waals surface area (Å²) < 4.78 is 14.4. The minimum Gasteiger partial charge on any atom is -0.493 e. The molecule has 0 atom stereocenters. The zero-order valence-electron chi connectivity index (χ0n) is 19.6. The molecule has 5 heteroatoms. The van der Waals surface area contributed by atoms with Crippen LogP contribution >= 0.6 is 11.6 Å². The first-order valence-corrected chi connectivity index (χ1v) is 11.9. The number of benzene rings is 3. The van der Waals surface area contributed by atoms with Crippen molar-refractivity contribution in [2.24, 2.45) is 0 Å². The van der Waals surface area contributed by atoms with E-state index in [4.69, 9.17) is 26.1 Å². The fourth-order valence-electron chi connectivity index (χ4n) is 3.96. The van der Waals surface area contributed by atoms with Crippen molar-refractivity contribution in [1.29, 1.82) is 0 Å². The average molecular weight is 463 g/mol. The summed E-state index contributed by atoms with van der Waals surface area (Å²) >= 11 is 5.98. The highest BCUT2D eigenvalue weighted by Gasteiger charge is 2.12. The second kappa shape index (κ2) is 10.8. The molecule has 0 saturated heterocycles. The first kappa shape index (κ1) is 23.2. The molecule has 0 amide bonds. The van der Waals surface area contributed by atoms with E-state index in [0.717, 1.165) is 47.7 Å². The maximum absolute atomic E-state index is 6.17. The lowest BCUT2D eigenvalue weighted by Crippen LogP contribution is -2.09. The smallest absolute Gasteiger partial charge is 0.147 e. The van der Waals surface area contributed by atoms with Gasteiger partial charge in [-0.05, 0) is 79.3 Å². The number of ether oxygens (including phenoxy) is 2. The Morgan fingerprint density at radius 2 is 1.73 bits per heavy atom. The number of hydrogen-bond donors (Lipinski definition) is 0. The Bertz CT molecular complexity index is 1200. The van der Waals surface area contributed by atoms with Crippen molar-refractivity contribution < 1.29 is 9.47 Å². The molecule has 0 fully saturated rings. The molecule has 0 unspecified atom stereocenters. The Morgan fingerprint density at radius 1 is 0.939 bits per heavy atom. The number of aryl methyl sites for hydroxylation is 2. The number of aromatic nitrogens is 2. The van der Waals surface area contributed by atoms with Crippen LogP contribution < -0.4 is 9.47 Å². The largest absolute Gasteiger partial charge is 0.493 e. The first-order chi connectivity index (χ1) is 16.0. The molecule has 0 aliphatic carbocycles. The van der Waals surface area contributed by atoms with E-state index in [1.54, 1.807) is 0 Å². The van der Waals surface area contributed by atoms with E-state index < -0.39 is 0 Å². The molecule has 0 saturated carbocycles. The van der Waals surface area contributed by atoms with E-state index in [1.165, 1.54) is 11.1 Å². The van der Waals surface area contributed by atoms with Crippen LogP contribution in [0.25, 0.3) is 11.0 Å². The summed E-state index contributed by atoms with van der Waals surface area (Å²) in [6, 6.07) is 22.1. The molecule has 0 radical (unpaired) electrons. The fraction of sp³-hybridized carbons (Fsp3) is 0.321. The lowest BCUT2D eigenvalue weighted by atomic mass is 10.0. The second-order valence-corrected chi connectivity index (χ2v) is 9.10. The van der Waals surface area contributed by atoms with Crippen molar-refractivity contribution in [3.05, 3.63) is 88.7 Å². The zero-order valence-corrected chi connectivity index (χ0v) is 20.3. The van der Waals surface area contributed by atoms with Gasteiger partial charge in [-0.15, -0.1) is 0 Å². The molecular formula is C28H31ClN2O2. The number of fused-ring (bicyclic) bond motifs is 1. The Morgan fingerprint density at radius 3 is 2.52 bits per heavy atom. The van der Waals surface area contributed by atoms with Gasteiger partial charge in [-0.25, -0.2) is 4.98 Å². The summed E-state index contributed by atoms with van der Waals surface area (Å²) in [6.07, 6.45) is 1.96. The predicted octanol–water partition coefficient (Wildman–Crippen LogP) is 7.56. The number of unbranched alkanes of at least 4 members (excludes halogenated alkanes) is 1. The molecule has 0 bridgehead atoms. The van der Waals surface area contributed by atoms with Crippen molar-refractivity contribution in [2.45, 2.75) is 52.7 Å². The highest BCUT2D eigenvalue weighted by molar-refractivity contribution is 6.30. The quantitative estimate of drug-likeness (QED) is 0.228. The van der Waals surface area contributed by atoms with E-state index in [9.17, 15) is 0 Å². The molecule has 1 heterocycles. The Hall–Kier alpha value is -2.98. The van der Waals surface area contributed by atoms with Crippen molar-refractivity contribution >= 4 is 22.6 Å². The van der Waals surface area contributed by atoms with Gasteiger partial charge in [0.1, 0.15) is 23.9 Å². The van der Waals surface area contributed by atoms with Crippen LogP contribution in [-0.4, -0.2) is 16.2 Å². The normalized spacial score (nSPS) is 11.3. The highest BCUT2D eigenvalue weighted by atomic mass is 35.5. The zero-order chi connectivity index (χ0) is 23.2. The SMILES string of the molecule is Cc1ccc(C(C)C)c(OCCCCn2c(COc3ccc(Cl)cc3)nc3ccccc32)c1. The van der Waals surface area contributed by atoms with Gasteiger partial charge < -0.3 is 14.0 Å². The average Bonchev–Trinajstić information content (AvgIpc) is 3.16. The highest BCUT2D eigenvalue weighted by Crippen LogP contribution is 2.28. The predicted molar refractivity (Wildman–Crippen MR) is 136 cm³/mol. The van der Waals surface area contributed by atoms with Gasteiger partial charge in [-0.3, -0.25) is 0 Å². The summed E-state index contributed by atoms with van der Waals surface area (Å²) in [5.41, 5.74) is 4.62.